The lowest BCUT2D eigenvalue weighted by molar-refractivity contribution is -0.536. The molecule has 2 saturated heterocycles. The smallest absolute Gasteiger partial charge is 0.303 e. The molecule has 0 aromatic carbocycles. The summed E-state index contributed by atoms with van der Waals surface area (Å²) in [5.41, 5.74) is 0.134. The molecule has 2 aliphatic heterocycles. The first-order valence-electron chi connectivity index (χ1n) is 5.80. The zero-order valence-electron chi connectivity index (χ0n) is 9.58. The molecule has 0 amide bonds. The predicted octanol–water partition coefficient (Wildman–Crippen LogP) is 1.89. The molecule has 2 rings (SSSR count). The summed E-state index contributed by atoms with van der Waals surface area (Å²) in [6.07, 6.45) is 1.83. The first kappa shape index (κ1) is 11.3. The standard InChI is InChI=1S/C11H20O4/c1-3-10(4-2)8-14-11(15-9-10)12-6-5-7-13-11/h3-9H2,1-2H3. The maximum absolute atomic E-state index is 5.64. The minimum Gasteiger partial charge on any atom is -0.303 e. The quantitative estimate of drug-likeness (QED) is 0.706. The number of hydrogen-bond donors (Lipinski definition) is 0. The van der Waals surface area contributed by atoms with E-state index in [1.165, 1.54) is 0 Å². The normalized spacial score (nSPS) is 29.2. The Hall–Kier alpha value is -0.160. The fourth-order valence-corrected chi connectivity index (χ4v) is 1.89. The second-order valence-electron chi connectivity index (χ2n) is 4.33. The Bertz CT molecular complexity index is 195. The van der Waals surface area contributed by atoms with Gasteiger partial charge in [-0.05, 0) is 19.3 Å². The van der Waals surface area contributed by atoms with Gasteiger partial charge in [0.15, 0.2) is 0 Å². The molecule has 0 aromatic rings. The summed E-state index contributed by atoms with van der Waals surface area (Å²) in [4.78, 5) is 0. The lowest BCUT2D eigenvalue weighted by Crippen LogP contribution is -2.54. The Morgan fingerprint density at radius 3 is 1.87 bits per heavy atom. The molecule has 0 aromatic heterocycles. The van der Waals surface area contributed by atoms with Crippen LogP contribution in [0.2, 0.25) is 0 Å². The van der Waals surface area contributed by atoms with Gasteiger partial charge in [0.05, 0.1) is 26.4 Å². The van der Waals surface area contributed by atoms with Crippen molar-refractivity contribution >= 4 is 0 Å². The summed E-state index contributed by atoms with van der Waals surface area (Å²) < 4.78 is 22.1. The first-order chi connectivity index (χ1) is 7.24. The van der Waals surface area contributed by atoms with Crippen LogP contribution in [0.3, 0.4) is 0 Å². The highest BCUT2D eigenvalue weighted by atomic mass is 17.0. The molecule has 2 aliphatic rings. The van der Waals surface area contributed by atoms with Gasteiger partial charge in [-0.25, -0.2) is 0 Å². The van der Waals surface area contributed by atoms with Crippen LogP contribution in [0.5, 0.6) is 0 Å². The molecule has 0 aliphatic carbocycles. The molecule has 0 bridgehead atoms. The number of rotatable bonds is 2. The molecule has 88 valence electrons. The van der Waals surface area contributed by atoms with E-state index in [1.54, 1.807) is 0 Å². The summed E-state index contributed by atoms with van der Waals surface area (Å²) in [5, 5.41) is 0. The molecule has 4 nitrogen and oxygen atoms in total. The molecule has 0 atom stereocenters. The highest BCUT2D eigenvalue weighted by Crippen LogP contribution is 2.37. The zero-order valence-corrected chi connectivity index (χ0v) is 9.58. The molecule has 15 heavy (non-hydrogen) atoms. The molecular formula is C11H20O4. The van der Waals surface area contributed by atoms with E-state index in [1.807, 2.05) is 0 Å². The van der Waals surface area contributed by atoms with Crippen molar-refractivity contribution in [3.63, 3.8) is 0 Å². The molecule has 0 radical (unpaired) electrons. The van der Waals surface area contributed by atoms with Crippen LogP contribution in [0.4, 0.5) is 0 Å². The van der Waals surface area contributed by atoms with Gasteiger partial charge in [0.2, 0.25) is 0 Å². The van der Waals surface area contributed by atoms with Crippen molar-refractivity contribution in [2.24, 2.45) is 5.41 Å². The fourth-order valence-electron chi connectivity index (χ4n) is 1.89. The molecular weight excluding hydrogens is 196 g/mol. The van der Waals surface area contributed by atoms with Crippen LogP contribution in [0, 0.1) is 5.41 Å². The van der Waals surface area contributed by atoms with Gasteiger partial charge in [0.1, 0.15) is 0 Å². The van der Waals surface area contributed by atoms with Gasteiger partial charge in [-0.2, -0.15) is 0 Å². The van der Waals surface area contributed by atoms with Crippen molar-refractivity contribution < 1.29 is 18.9 Å². The third-order valence-electron chi connectivity index (χ3n) is 3.46. The SMILES string of the molecule is CCC1(CC)COC2(OCCCO2)OC1. The molecule has 2 fully saturated rings. The van der Waals surface area contributed by atoms with Crippen molar-refractivity contribution in [1.29, 1.82) is 0 Å². The second kappa shape index (κ2) is 4.37. The van der Waals surface area contributed by atoms with Crippen LogP contribution in [-0.2, 0) is 18.9 Å². The van der Waals surface area contributed by atoms with Gasteiger partial charge in [-0.15, -0.1) is 0 Å². The third-order valence-corrected chi connectivity index (χ3v) is 3.46. The lowest BCUT2D eigenvalue weighted by Gasteiger charge is -2.45. The summed E-state index contributed by atoms with van der Waals surface area (Å²) >= 11 is 0. The Morgan fingerprint density at radius 2 is 1.40 bits per heavy atom. The molecule has 0 unspecified atom stereocenters. The van der Waals surface area contributed by atoms with E-state index < -0.39 is 6.16 Å². The first-order valence-corrected chi connectivity index (χ1v) is 5.80. The van der Waals surface area contributed by atoms with Crippen molar-refractivity contribution in [2.45, 2.75) is 39.3 Å². The van der Waals surface area contributed by atoms with Crippen molar-refractivity contribution in [1.82, 2.24) is 0 Å². The van der Waals surface area contributed by atoms with Gasteiger partial charge in [-0.1, -0.05) is 13.8 Å². The van der Waals surface area contributed by atoms with E-state index in [9.17, 15) is 0 Å². The minimum atomic E-state index is -1.19. The lowest BCUT2D eigenvalue weighted by atomic mass is 9.84. The summed E-state index contributed by atoms with van der Waals surface area (Å²) in [5.74, 6) is 0. The molecule has 0 N–H and O–H groups in total. The maximum atomic E-state index is 5.64. The topological polar surface area (TPSA) is 36.9 Å². The van der Waals surface area contributed by atoms with E-state index in [2.05, 4.69) is 13.8 Å². The van der Waals surface area contributed by atoms with Gasteiger partial charge in [0.25, 0.3) is 0 Å². The van der Waals surface area contributed by atoms with Crippen LogP contribution in [0.1, 0.15) is 33.1 Å². The number of ether oxygens (including phenoxy) is 4. The van der Waals surface area contributed by atoms with Crippen LogP contribution in [0.25, 0.3) is 0 Å². The fraction of sp³-hybridized carbons (Fsp3) is 1.00. The van der Waals surface area contributed by atoms with Gasteiger partial charge in [0, 0.05) is 5.41 Å². The second-order valence-corrected chi connectivity index (χ2v) is 4.33. The highest BCUT2D eigenvalue weighted by Gasteiger charge is 2.47. The minimum absolute atomic E-state index is 0.134. The van der Waals surface area contributed by atoms with Gasteiger partial charge < -0.3 is 18.9 Å². The van der Waals surface area contributed by atoms with Crippen LogP contribution >= 0.6 is 0 Å². The summed E-state index contributed by atoms with van der Waals surface area (Å²) in [7, 11) is 0. The summed E-state index contributed by atoms with van der Waals surface area (Å²) in [6.45, 7) is 6.92. The van der Waals surface area contributed by atoms with Crippen molar-refractivity contribution in [3.8, 4) is 0 Å². The third kappa shape index (κ3) is 2.18. The number of hydrogen-bond acceptors (Lipinski definition) is 4. The Kier molecular flexibility index (Phi) is 3.30. The zero-order chi connectivity index (χ0) is 10.8. The highest BCUT2D eigenvalue weighted by molar-refractivity contribution is 4.79. The predicted molar refractivity (Wildman–Crippen MR) is 54.2 cm³/mol. The van der Waals surface area contributed by atoms with Gasteiger partial charge >= 0.3 is 6.16 Å². The van der Waals surface area contributed by atoms with Crippen LogP contribution < -0.4 is 0 Å². The average molecular weight is 216 g/mol. The largest absolute Gasteiger partial charge is 0.412 e. The Labute approximate surface area is 90.8 Å². The Balaban J connectivity index is 1.95. The Morgan fingerprint density at radius 1 is 0.867 bits per heavy atom. The molecule has 4 heteroatoms. The molecule has 2 heterocycles. The van der Waals surface area contributed by atoms with E-state index in [0.717, 1.165) is 19.3 Å². The molecule has 1 spiro atoms. The van der Waals surface area contributed by atoms with Gasteiger partial charge in [-0.3, -0.25) is 0 Å². The van der Waals surface area contributed by atoms with E-state index >= 15 is 0 Å². The monoisotopic (exact) mass is 216 g/mol. The van der Waals surface area contributed by atoms with E-state index in [4.69, 9.17) is 18.9 Å². The van der Waals surface area contributed by atoms with Crippen molar-refractivity contribution in [3.05, 3.63) is 0 Å². The molecule has 0 saturated carbocycles. The van der Waals surface area contributed by atoms with Crippen LogP contribution in [-0.4, -0.2) is 32.6 Å². The van der Waals surface area contributed by atoms with Crippen LogP contribution in [0.15, 0.2) is 0 Å². The maximum Gasteiger partial charge on any atom is 0.412 e. The average Bonchev–Trinajstić information content (AvgIpc) is 2.32. The van der Waals surface area contributed by atoms with E-state index in [-0.39, 0.29) is 5.41 Å². The van der Waals surface area contributed by atoms with E-state index in [0.29, 0.717) is 26.4 Å². The summed E-state index contributed by atoms with van der Waals surface area (Å²) in [6, 6.07) is 0. The van der Waals surface area contributed by atoms with Crippen molar-refractivity contribution in [2.75, 3.05) is 26.4 Å².